The van der Waals surface area contributed by atoms with Gasteiger partial charge >= 0.3 is 12.2 Å². The van der Waals surface area contributed by atoms with Crippen molar-refractivity contribution in [2.75, 3.05) is 56.5 Å². The van der Waals surface area contributed by atoms with Crippen molar-refractivity contribution < 1.29 is 48.0 Å². The number of alkyl halides is 1. The number of nitrogen functional groups attached to an aromatic ring is 3. The van der Waals surface area contributed by atoms with Gasteiger partial charge in [0.05, 0.1) is 39.3 Å². The van der Waals surface area contributed by atoms with Crippen molar-refractivity contribution in [1.29, 1.82) is 0 Å². The maximum absolute atomic E-state index is 13.5. The molecule has 3 unspecified atom stereocenters. The predicted octanol–water partition coefficient (Wildman–Crippen LogP) is 19.5. The van der Waals surface area contributed by atoms with E-state index in [-0.39, 0.29) is 75.1 Å². The lowest BCUT2D eigenvalue weighted by Gasteiger charge is -2.38. The van der Waals surface area contributed by atoms with Crippen molar-refractivity contribution in [2.45, 2.75) is 126 Å². The van der Waals surface area contributed by atoms with Gasteiger partial charge in [0.25, 0.3) is 17.7 Å². The number of nitrogens with two attached hydrogens (primary N) is 3. The van der Waals surface area contributed by atoms with Gasteiger partial charge in [0.2, 0.25) is 0 Å². The Morgan fingerprint density at radius 2 is 0.776 bits per heavy atom. The van der Waals surface area contributed by atoms with E-state index in [1.54, 1.807) is 105 Å². The van der Waals surface area contributed by atoms with Gasteiger partial charge in [0.15, 0.2) is 34.7 Å². The van der Waals surface area contributed by atoms with Crippen molar-refractivity contribution in [3.63, 3.8) is 0 Å². The van der Waals surface area contributed by atoms with Gasteiger partial charge in [0.1, 0.15) is 23.4 Å². The molecule has 8 N–H and O–H groups in total. The molecule has 23 heteroatoms. The third kappa shape index (κ3) is 23.0. The van der Waals surface area contributed by atoms with Gasteiger partial charge in [-0.2, -0.15) is 0 Å². The van der Waals surface area contributed by atoms with Gasteiger partial charge in [-0.3, -0.25) is 24.2 Å². The van der Waals surface area contributed by atoms with Crippen LogP contribution in [0.15, 0.2) is 250 Å². The van der Waals surface area contributed by atoms with Crippen molar-refractivity contribution >= 4 is 63.3 Å². The number of pyridine rings is 3. The highest BCUT2D eigenvalue weighted by Crippen LogP contribution is 2.37. The fourth-order valence-electron chi connectivity index (χ4n) is 13.0. The van der Waals surface area contributed by atoms with Gasteiger partial charge in [-0.15, -0.1) is 0 Å². The number of nitrogens with zero attached hydrogens (tertiary/aromatic N) is 8. The first-order valence-corrected chi connectivity index (χ1v) is 38.3. The third-order valence-electron chi connectivity index (χ3n) is 18.7. The Balaban J connectivity index is 0.000000205. The van der Waals surface area contributed by atoms with Gasteiger partial charge in [-0.1, -0.05) is 172 Å². The highest BCUT2D eigenvalue weighted by molar-refractivity contribution is 9.09. The van der Waals surface area contributed by atoms with Crippen LogP contribution in [0.25, 0.3) is 33.4 Å². The molecular formula is C93H107BrN12O10. The molecule has 606 valence electrons. The summed E-state index contributed by atoms with van der Waals surface area (Å²) in [5.74, 6) is 1.18. The summed E-state index contributed by atoms with van der Waals surface area (Å²) in [6.45, 7) is 50.3. The summed E-state index contributed by atoms with van der Waals surface area (Å²) in [5, 5.41) is 12.8. The summed E-state index contributed by atoms with van der Waals surface area (Å²) >= 11 is 3.53. The molecule has 12 rings (SSSR count). The first-order chi connectivity index (χ1) is 54.2. The van der Waals surface area contributed by atoms with E-state index in [2.05, 4.69) is 127 Å². The monoisotopic (exact) mass is 1630 g/mol. The van der Waals surface area contributed by atoms with E-state index < -0.39 is 23.4 Å². The lowest BCUT2D eigenvalue weighted by molar-refractivity contribution is 0.0298. The Labute approximate surface area is 690 Å². The fraction of sp³-hybridized carbons (Fsp3) is 0.269. The number of aryl methyl sites for hydroxylation is 4. The van der Waals surface area contributed by atoms with Crippen LogP contribution in [0.3, 0.4) is 0 Å². The molecule has 5 amide bonds. The lowest BCUT2D eigenvalue weighted by Crippen LogP contribution is -2.48. The number of hydrogen-bond donors (Lipinski definition) is 5. The van der Waals surface area contributed by atoms with Crippen molar-refractivity contribution in [3.05, 3.63) is 306 Å². The number of aromatic hydroxyl groups is 1. The molecule has 9 aromatic rings. The summed E-state index contributed by atoms with van der Waals surface area (Å²) in [5.41, 5.74) is 34.3. The lowest BCUT2D eigenvalue weighted by atomic mass is 9.99. The number of carbonyl (C=O) groups is 5. The average molecular weight is 1630 g/mol. The molecule has 3 aromatic heterocycles. The Morgan fingerprint density at radius 3 is 1.13 bits per heavy atom. The first-order valence-electron chi connectivity index (χ1n) is 37.4. The van der Waals surface area contributed by atoms with Gasteiger partial charge in [-0.25, -0.2) is 24.5 Å². The number of amides is 5. The maximum Gasteiger partial charge on any atom is 0.419 e. The zero-order valence-electron chi connectivity index (χ0n) is 67.8. The van der Waals surface area contributed by atoms with Crippen LogP contribution in [0, 0.1) is 27.7 Å². The van der Waals surface area contributed by atoms with Crippen molar-refractivity contribution in [3.8, 4) is 50.6 Å². The molecule has 3 aliphatic heterocycles. The van der Waals surface area contributed by atoms with Crippen molar-refractivity contribution in [2.24, 2.45) is 0 Å². The molecule has 3 atom stereocenters. The van der Waals surface area contributed by atoms with E-state index in [0.717, 1.165) is 67.0 Å². The van der Waals surface area contributed by atoms with E-state index in [4.69, 9.17) is 36.1 Å². The average Bonchev–Trinajstić information content (AvgIpc) is 0.719. The Kier molecular flexibility index (Phi) is 29.4. The van der Waals surface area contributed by atoms with E-state index in [1.807, 2.05) is 119 Å². The number of ether oxygens (including phenoxy) is 4. The summed E-state index contributed by atoms with van der Waals surface area (Å²) in [7, 11) is 0. The number of carbonyl (C=O) groups excluding carboxylic acids is 5. The molecule has 22 nitrogen and oxygen atoms in total. The molecule has 0 saturated carbocycles. The second-order valence-electron chi connectivity index (χ2n) is 30.4. The zero-order valence-corrected chi connectivity index (χ0v) is 69.4. The smallest absolute Gasteiger partial charge is 0.419 e. The van der Waals surface area contributed by atoms with Crippen LogP contribution in [0.1, 0.15) is 157 Å². The quantitative estimate of drug-likeness (QED) is 0.0670. The molecule has 6 heterocycles. The fourth-order valence-corrected chi connectivity index (χ4v) is 13.5. The summed E-state index contributed by atoms with van der Waals surface area (Å²) in [6.07, 6.45) is 3.47. The number of anilines is 3. The number of hydrogen-bond acceptors (Lipinski definition) is 17. The van der Waals surface area contributed by atoms with Crippen LogP contribution < -0.4 is 32.0 Å². The highest BCUT2D eigenvalue weighted by atomic mass is 79.9. The van der Waals surface area contributed by atoms with Crippen molar-refractivity contribution in [1.82, 2.24) is 44.8 Å². The molecule has 3 saturated heterocycles. The topological polar surface area (TPSA) is 287 Å². The molecule has 3 aliphatic rings. The van der Waals surface area contributed by atoms with E-state index in [1.165, 1.54) is 27.0 Å². The first kappa shape index (κ1) is 88.8. The summed E-state index contributed by atoms with van der Waals surface area (Å²) < 4.78 is 23.3. The van der Waals surface area contributed by atoms with Crippen LogP contribution >= 0.6 is 15.9 Å². The minimum Gasteiger partial charge on any atom is -0.504 e. The summed E-state index contributed by atoms with van der Waals surface area (Å²) in [6, 6.07) is 49.8. The predicted molar refractivity (Wildman–Crippen MR) is 466 cm³/mol. The number of piperazine rings is 3. The highest BCUT2D eigenvalue weighted by Gasteiger charge is 2.36. The Bertz CT molecular complexity index is 5150. The van der Waals surface area contributed by atoms with E-state index >= 15 is 0 Å². The second kappa shape index (κ2) is 38.4. The van der Waals surface area contributed by atoms with E-state index in [0.29, 0.717) is 86.1 Å². The molecule has 116 heavy (non-hydrogen) atoms. The van der Waals surface area contributed by atoms with Crippen LogP contribution in [-0.4, -0.2) is 125 Å². The molecule has 3 fully saturated rings. The van der Waals surface area contributed by atoms with E-state index in [9.17, 15) is 29.1 Å². The van der Waals surface area contributed by atoms with Crippen LogP contribution in [0.4, 0.5) is 27.0 Å². The Morgan fingerprint density at radius 1 is 0.440 bits per heavy atom. The van der Waals surface area contributed by atoms with Gasteiger partial charge < -0.3 is 61.3 Å². The molecule has 0 bridgehead atoms. The standard InChI is InChI=1S/C33H38N4O4.C27H28N4O2.C23H26N4O4.C9H11Br.CH4/c1-20-11-9-10-12-27(20)24(5)40-29-16-26(17-35-30(29)34)25-13-14-28(21(2)15-25)31(38)36-18-22(3)37(23(4)19-36)32(39)41-33(6,7)8;1-17-7-5-6-8-24(17)20(4)33-25-13-23(14-29-26(25)28)21-9-11-22(12-10-21)27(32)31-15-18(2)30-19(3)16-31;1-14-12-26(13-15(2)27(14)22(30)31-23(3,4)5)21(29)17-8-6-16(7-9-17)18-10-19(28)20(24)25-11-18;1-7-5-3-4-6-9(7)8(2)10;/h9-17,24H,3-4,18-19H2,1-2,5-8H3,(H2,34,35);5-14,20,30H,2-3,15-16H2,1,4H3,(H2,28,29);6-11,28H,1-2,12-13H2,3-5H3,(H2,24,25);3-6,8H,1-2H3;1H4. The maximum atomic E-state index is 13.5. The normalized spacial score (nSPS) is 14.3. The third-order valence-corrected chi connectivity index (χ3v) is 19.2. The van der Waals surface area contributed by atoms with Gasteiger partial charge in [0, 0.05) is 91.0 Å². The molecule has 0 aliphatic carbocycles. The number of nitrogens with one attached hydrogen (secondary N) is 1. The minimum absolute atomic E-state index is 0. The molecule has 0 spiro atoms. The number of halogens is 1. The van der Waals surface area contributed by atoms with Crippen LogP contribution in [0.5, 0.6) is 17.2 Å². The number of rotatable bonds is 13. The summed E-state index contributed by atoms with van der Waals surface area (Å²) in [4.78, 5) is 85.1. The Hall–Kier alpha value is -12.8. The largest absolute Gasteiger partial charge is 0.504 e. The second-order valence-corrected chi connectivity index (χ2v) is 31.8. The molecule has 0 radical (unpaired) electrons. The molecular weight excluding hydrogens is 1530 g/mol. The minimum atomic E-state index is -0.657. The zero-order chi connectivity index (χ0) is 84.1. The number of aromatic nitrogens is 3. The SMILES string of the molecule is C.C=C1CN(C(=O)c2ccc(-c3cnc(N)c(O)c3)cc2)CC(=C)N1C(=O)OC(C)(C)C.C=C1CN(C(=O)c2ccc(-c3cnc(N)c(OC(C)c4ccccc4C)c3)cc2)CC(=C)N1.C=C1CN(C(=O)c2ccc(-c3cnc(N)c(OC(C)c4ccccc4C)c3)cc2C)CC(=C)N1C(=O)OC(C)(C)C.Cc1ccccc1C(C)Br. The number of benzene rings is 6. The van der Waals surface area contributed by atoms with Crippen LogP contribution in [0.2, 0.25) is 0 Å². The van der Waals surface area contributed by atoms with Gasteiger partial charge in [-0.05, 0) is 194 Å². The molecule has 6 aromatic carbocycles. The van der Waals surface area contributed by atoms with Crippen LogP contribution in [-0.2, 0) is 9.47 Å².